The molecule has 0 radical (unpaired) electrons. The molecule has 0 unspecified atom stereocenters. The lowest BCUT2D eigenvalue weighted by molar-refractivity contribution is 0.151. The number of alkyl halides is 2. The largest absolute Gasteiger partial charge is 0.492 e. The van der Waals surface area contributed by atoms with Crippen LogP contribution in [0, 0.1) is 0 Å². The topological polar surface area (TPSA) is 91.7 Å². The molecule has 3 aromatic heterocycles. The Morgan fingerprint density at radius 1 is 1.13 bits per heavy atom. The maximum Gasteiger partial charge on any atom is 0.265 e. The maximum atomic E-state index is 12.7. The normalized spacial score (nSPS) is 12.5. The Hall–Kier alpha value is -3.62. The van der Waals surface area contributed by atoms with Gasteiger partial charge in [-0.2, -0.15) is 0 Å². The standard InChI is InChI=1S/C21H22F2N6O/c1-13(15-7-9-19(24)26-10-15)4-5-14(2)30-12-18-20(27-28-29(18)3)17-8-6-16(11-25-17)21(22)23/h4-11,21H,12H2,1-3H3,(H2,24,26)/b13-4+,14-5+. The van der Waals surface area contributed by atoms with Crippen molar-refractivity contribution in [1.82, 2.24) is 25.0 Å². The number of nitrogens with zero attached hydrogens (tertiary/aromatic N) is 5. The fraction of sp³-hybridized carbons (Fsp3) is 0.238. The Morgan fingerprint density at radius 2 is 1.93 bits per heavy atom. The summed E-state index contributed by atoms with van der Waals surface area (Å²) in [4.78, 5) is 8.16. The van der Waals surface area contributed by atoms with Crippen LogP contribution in [0.3, 0.4) is 0 Å². The predicted molar refractivity (Wildman–Crippen MR) is 110 cm³/mol. The van der Waals surface area contributed by atoms with E-state index in [1.54, 1.807) is 24.0 Å². The second-order valence-corrected chi connectivity index (χ2v) is 6.67. The summed E-state index contributed by atoms with van der Waals surface area (Å²) < 4.78 is 32.9. The van der Waals surface area contributed by atoms with Gasteiger partial charge in [-0.3, -0.25) is 4.98 Å². The van der Waals surface area contributed by atoms with Crippen LogP contribution in [0.25, 0.3) is 17.0 Å². The molecule has 3 aromatic rings. The third-order valence-electron chi connectivity index (χ3n) is 4.47. The van der Waals surface area contributed by atoms with Crippen molar-refractivity contribution in [3.8, 4) is 11.4 Å². The highest BCUT2D eigenvalue weighted by molar-refractivity contribution is 5.65. The second kappa shape index (κ2) is 9.25. The lowest BCUT2D eigenvalue weighted by Crippen LogP contribution is -2.02. The molecule has 0 atom stereocenters. The van der Waals surface area contributed by atoms with Crippen molar-refractivity contribution in [3.05, 3.63) is 71.4 Å². The first kappa shape index (κ1) is 21.1. The highest BCUT2D eigenvalue weighted by atomic mass is 19.3. The van der Waals surface area contributed by atoms with E-state index in [4.69, 9.17) is 10.5 Å². The Kier molecular flexibility index (Phi) is 6.51. The number of halogens is 2. The van der Waals surface area contributed by atoms with E-state index < -0.39 is 6.43 Å². The molecule has 0 spiro atoms. The van der Waals surface area contributed by atoms with E-state index in [-0.39, 0.29) is 12.2 Å². The van der Waals surface area contributed by atoms with Gasteiger partial charge in [-0.25, -0.2) is 18.4 Å². The summed E-state index contributed by atoms with van der Waals surface area (Å²) in [5, 5.41) is 8.09. The zero-order valence-electron chi connectivity index (χ0n) is 16.9. The summed E-state index contributed by atoms with van der Waals surface area (Å²) in [6, 6.07) is 6.48. The first-order chi connectivity index (χ1) is 14.3. The fourth-order valence-electron chi connectivity index (χ4n) is 2.62. The van der Waals surface area contributed by atoms with E-state index in [2.05, 4.69) is 20.3 Å². The molecular weight excluding hydrogens is 390 g/mol. The summed E-state index contributed by atoms with van der Waals surface area (Å²) in [6.07, 6.45) is 4.07. The van der Waals surface area contributed by atoms with Crippen molar-refractivity contribution < 1.29 is 13.5 Å². The molecule has 2 N–H and O–H groups in total. The quantitative estimate of drug-likeness (QED) is 0.459. The first-order valence-corrected chi connectivity index (χ1v) is 9.18. The van der Waals surface area contributed by atoms with Crippen LogP contribution in [0.15, 0.2) is 54.6 Å². The van der Waals surface area contributed by atoms with Crippen LogP contribution in [0.1, 0.15) is 37.1 Å². The van der Waals surface area contributed by atoms with Crippen molar-refractivity contribution in [2.45, 2.75) is 26.9 Å². The number of hydrogen-bond acceptors (Lipinski definition) is 6. The van der Waals surface area contributed by atoms with Gasteiger partial charge in [-0.15, -0.1) is 5.10 Å². The lowest BCUT2D eigenvalue weighted by atomic mass is 10.1. The average molecular weight is 412 g/mol. The van der Waals surface area contributed by atoms with Gasteiger partial charge in [0.05, 0.1) is 11.5 Å². The Morgan fingerprint density at radius 3 is 2.57 bits per heavy atom. The van der Waals surface area contributed by atoms with Gasteiger partial charge in [-0.05, 0) is 55.3 Å². The van der Waals surface area contributed by atoms with Gasteiger partial charge in [-0.1, -0.05) is 11.3 Å². The molecule has 9 heteroatoms. The molecule has 30 heavy (non-hydrogen) atoms. The Labute approximate surface area is 172 Å². The third kappa shape index (κ3) is 5.05. The minimum absolute atomic E-state index is 0.141. The number of aromatic nitrogens is 5. The molecule has 0 aliphatic rings. The zero-order valence-corrected chi connectivity index (χ0v) is 16.9. The summed E-state index contributed by atoms with van der Waals surface area (Å²) in [7, 11) is 1.74. The summed E-state index contributed by atoms with van der Waals surface area (Å²) >= 11 is 0. The van der Waals surface area contributed by atoms with Crippen LogP contribution in [0.4, 0.5) is 14.6 Å². The third-order valence-corrected chi connectivity index (χ3v) is 4.47. The van der Waals surface area contributed by atoms with Crippen molar-refractivity contribution >= 4 is 11.4 Å². The van der Waals surface area contributed by atoms with Gasteiger partial charge in [0.2, 0.25) is 0 Å². The van der Waals surface area contributed by atoms with Crippen LogP contribution >= 0.6 is 0 Å². The van der Waals surface area contributed by atoms with E-state index >= 15 is 0 Å². The molecule has 0 saturated heterocycles. The molecule has 0 aliphatic carbocycles. The van der Waals surface area contributed by atoms with Crippen molar-refractivity contribution in [2.75, 3.05) is 5.73 Å². The smallest absolute Gasteiger partial charge is 0.265 e. The Balaban J connectivity index is 1.71. The molecule has 0 bridgehead atoms. The molecule has 3 rings (SSSR count). The number of pyridine rings is 2. The number of hydrogen-bond donors (Lipinski definition) is 1. The first-order valence-electron chi connectivity index (χ1n) is 9.18. The van der Waals surface area contributed by atoms with Crippen LogP contribution < -0.4 is 5.73 Å². The second-order valence-electron chi connectivity index (χ2n) is 6.67. The Bertz CT molecular complexity index is 1060. The number of anilines is 1. The monoisotopic (exact) mass is 412 g/mol. The van der Waals surface area contributed by atoms with Gasteiger partial charge in [0.15, 0.2) is 0 Å². The van der Waals surface area contributed by atoms with E-state index in [0.29, 0.717) is 28.7 Å². The average Bonchev–Trinajstić information content (AvgIpc) is 3.11. The summed E-state index contributed by atoms with van der Waals surface area (Å²) in [5.74, 6) is 1.16. The molecule has 0 aromatic carbocycles. The fourth-order valence-corrected chi connectivity index (χ4v) is 2.62. The molecule has 156 valence electrons. The van der Waals surface area contributed by atoms with Gasteiger partial charge in [0, 0.05) is 25.0 Å². The highest BCUT2D eigenvalue weighted by Crippen LogP contribution is 2.23. The number of allylic oxidation sites excluding steroid dienone is 4. The minimum Gasteiger partial charge on any atom is -0.492 e. The van der Waals surface area contributed by atoms with E-state index in [1.165, 1.54) is 12.1 Å². The van der Waals surface area contributed by atoms with Gasteiger partial charge in [0.25, 0.3) is 6.43 Å². The van der Waals surface area contributed by atoms with Crippen molar-refractivity contribution in [1.29, 1.82) is 0 Å². The number of ether oxygens (including phenoxy) is 1. The predicted octanol–water partition coefficient (Wildman–Crippen LogP) is 4.32. The number of aryl methyl sites for hydroxylation is 1. The summed E-state index contributed by atoms with van der Waals surface area (Å²) in [5.41, 5.74) is 9.07. The van der Waals surface area contributed by atoms with E-state index in [9.17, 15) is 8.78 Å². The minimum atomic E-state index is -2.57. The highest BCUT2D eigenvalue weighted by Gasteiger charge is 2.16. The van der Waals surface area contributed by atoms with Crippen LogP contribution in [-0.4, -0.2) is 25.0 Å². The van der Waals surface area contributed by atoms with Gasteiger partial charge < -0.3 is 10.5 Å². The molecular formula is C21H22F2N6O. The molecule has 0 saturated carbocycles. The SMILES string of the molecule is C/C(=C\C=C(/C)c1ccc(N)nc1)OCc1c(-c2ccc(C(F)F)cn2)nnn1C. The van der Waals surface area contributed by atoms with Crippen LogP contribution in [0.2, 0.25) is 0 Å². The van der Waals surface area contributed by atoms with Crippen LogP contribution in [0.5, 0.6) is 0 Å². The molecule has 0 fully saturated rings. The summed E-state index contributed by atoms with van der Waals surface area (Å²) in [6.45, 7) is 4.01. The van der Waals surface area contributed by atoms with Crippen LogP contribution in [-0.2, 0) is 18.4 Å². The molecule has 7 nitrogen and oxygen atoms in total. The number of rotatable bonds is 7. The molecule has 0 aliphatic heterocycles. The molecule has 0 amide bonds. The van der Waals surface area contributed by atoms with Crippen molar-refractivity contribution in [3.63, 3.8) is 0 Å². The molecule has 3 heterocycles. The maximum absolute atomic E-state index is 12.7. The number of nitrogens with two attached hydrogens (primary N) is 1. The van der Waals surface area contributed by atoms with Gasteiger partial charge >= 0.3 is 0 Å². The van der Waals surface area contributed by atoms with E-state index in [0.717, 1.165) is 17.3 Å². The van der Waals surface area contributed by atoms with Crippen molar-refractivity contribution in [2.24, 2.45) is 7.05 Å². The van der Waals surface area contributed by atoms with Gasteiger partial charge in [0.1, 0.15) is 23.8 Å². The lowest BCUT2D eigenvalue weighted by Gasteiger charge is -2.08. The zero-order chi connectivity index (χ0) is 21.7. The number of nitrogen functional groups attached to an aromatic ring is 1. The van der Waals surface area contributed by atoms with E-state index in [1.807, 2.05) is 32.1 Å².